The quantitative estimate of drug-likeness (QED) is 0.649. The lowest BCUT2D eigenvalue weighted by Crippen LogP contribution is -2.35. The fourth-order valence-corrected chi connectivity index (χ4v) is 1.40. The third-order valence-corrected chi connectivity index (χ3v) is 2.27. The van der Waals surface area contributed by atoms with E-state index in [1.165, 1.54) is 7.05 Å². The lowest BCUT2D eigenvalue weighted by Gasteiger charge is -2.12. The van der Waals surface area contributed by atoms with Gasteiger partial charge in [0.05, 0.1) is 13.2 Å². The number of hydrogen-bond donors (Lipinski definition) is 3. The van der Waals surface area contributed by atoms with Gasteiger partial charge in [0.1, 0.15) is 11.3 Å². The first-order valence-corrected chi connectivity index (χ1v) is 5.60. The fraction of sp³-hybridized carbons (Fsp3) is 0.333. The lowest BCUT2D eigenvalue weighted by molar-refractivity contribution is -0.119. The molecule has 2 amide bonds. The second-order valence-corrected chi connectivity index (χ2v) is 3.51. The van der Waals surface area contributed by atoms with Crippen LogP contribution in [0.2, 0.25) is 0 Å². The van der Waals surface area contributed by atoms with Crippen molar-refractivity contribution in [2.45, 2.75) is 6.92 Å². The predicted octanol–water partition coefficient (Wildman–Crippen LogP) is 0.143. The van der Waals surface area contributed by atoms with Gasteiger partial charge in [-0.1, -0.05) is 6.07 Å². The number of hydrogen-bond acceptors (Lipinski definition) is 4. The summed E-state index contributed by atoms with van der Waals surface area (Å²) in [6, 6.07) is 4.97. The maximum atomic E-state index is 11.9. The van der Waals surface area contributed by atoms with Crippen molar-refractivity contribution in [3.63, 3.8) is 0 Å². The number of anilines is 1. The third-order valence-electron chi connectivity index (χ3n) is 2.27. The van der Waals surface area contributed by atoms with Crippen LogP contribution in [0.3, 0.4) is 0 Å². The molecule has 4 N–H and O–H groups in total. The summed E-state index contributed by atoms with van der Waals surface area (Å²) < 4.78 is 5.33. The number of nitrogens with two attached hydrogens (primary N) is 1. The van der Waals surface area contributed by atoms with E-state index in [9.17, 15) is 9.59 Å². The Hall–Kier alpha value is -2.24. The van der Waals surface area contributed by atoms with Crippen LogP contribution in [0, 0.1) is 0 Å². The minimum absolute atomic E-state index is 0.102. The molecule has 6 heteroatoms. The van der Waals surface area contributed by atoms with E-state index in [2.05, 4.69) is 10.6 Å². The van der Waals surface area contributed by atoms with Crippen LogP contribution in [0.15, 0.2) is 18.2 Å². The minimum Gasteiger partial charge on any atom is -0.493 e. The summed E-state index contributed by atoms with van der Waals surface area (Å²) in [6.45, 7) is 2.14. The molecule has 1 aromatic carbocycles. The molecule has 6 nitrogen and oxygen atoms in total. The Morgan fingerprint density at radius 1 is 1.39 bits per heavy atom. The average Bonchev–Trinajstić information content (AvgIpc) is 2.36. The van der Waals surface area contributed by atoms with Crippen LogP contribution >= 0.6 is 0 Å². The van der Waals surface area contributed by atoms with E-state index in [1.54, 1.807) is 18.2 Å². The average molecular weight is 251 g/mol. The van der Waals surface area contributed by atoms with Gasteiger partial charge >= 0.3 is 0 Å². The summed E-state index contributed by atoms with van der Waals surface area (Å²) in [5, 5.41) is 4.89. The van der Waals surface area contributed by atoms with E-state index in [0.29, 0.717) is 18.0 Å². The molecule has 18 heavy (non-hydrogen) atoms. The van der Waals surface area contributed by atoms with Crippen molar-refractivity contribution in [2.75, 3.05) is 25.9 Å². The summed E-state index contributed by atoms with van der Waals surface area (Å²) in [4.78, 5) is 23.0. The van der Waals surface area contributed by atoms with Crippen molar-refractivity contribution in [1.82, 2.24) is 10.6 Å². The van der Waals surface area contributed by atoms with Crippen LogP contribution < -0.4 is 21.1 Å². The van der Waals surface area contributed by atoms with Gasteiger partial charge in [-0.25, -0.2) is 0 Å². The molecule has 0 saturated carbocycles. The Morgan fingerprint density at radius 2 is 2.11 bits per heavy atom. The van der Waals surface area contributed by atoms with Gasteiger partial charge in [0.2, 0.25) is 5.91 Å². The van der Waals surface area contributed by atoms with Crippen molar-refractivity contribution < 1.29 is 14.3 Å². The van der Waals surface area contributed by atoms with E-state index in [1.807, 2.05) is 6.92 Å². The summed E-state index contributed by atoms with van der Waals surface area (Å²) in [5.41, 5.74) is 6.32. The molecule has 98 valence electrons. The molecule has 0 aromatic heterocycles. The molecule has 1 rings (SSSR count). The molecule has 0 bridgehead atoms. The van der Waals surface area contributed by atoms with E-state index in [0.717, 1.165) is 0 Å². The number of nitrogens with one attached hydrogen (secondary N) is 2. The molecule has 0 radical (unpaired) electrons. The van der Waals surface area contributed by atoms with E-state index in [-0.39, 0.29) is 18.0 Å². The Morgan fingerprint density at radius 3 is 2.72 bits per heavy atom. The van der Waals surface area contributed by atoms with Crippen LogP contribution in [0.4, 0.5) is 5.69 Å². The smallest absolute Gasteiger partial charge is 0.257 e. The summed E-state index contributed by atoms with van der Waals surface area (Å²) in [7, 11) is 1.50. The van der Waals surface area contributed by atoms with E-state index >= 15 is 0 Å². The fourth-order valence-electron chi connectivity index (χ4n) is 1.40. The van der Waals surface area contributed by atoms with Gasteiger partial charge in [0.25, 0.3) is 5.91 Å². The number of ether oxygens (including phenoxy) is 1. The highest BCUT2D eigenvalue weighted by Gasteiger charge is 2.16. The second kappa shape index (κ2) is 6.48. The zero-order valence-electron chi connectivity index (χ0n) is 10.4. The highest BCUT2D eigenvalue weighted by Crippen LogP contribution is 2.24. The summed E-state index contributed by atoms with van der Waals surface area (Å²) in [5.74, 6) is -0.303. The number of rotatable bonds is 5. The molecule has 0 fully saturated rings. The van der Waals surface area contributed by atoms with Crippen LogP contribution in [0.1, 0.15) is 17.3 Å². The monoisotopic (exact) mass is 251 g/mol. The van der Waals surface area contributed by atoms with Gasteiger partial charge in [-0.2, -0.15) is 0 Å². The highest BCUT2D eigenvalue weighted by molar-refractivity contribution is 6.03. The van der Waals surface area contributed by atoms with Crippen molar-refractivity contribution >= 4 is 17.5 Å². The molecule has 0 atom stereocenters. The molecular formula is C12H17N3O3. The van der Waals surface area contributed by atoms with Crippen LogP contribution in [0.25, 0.3) is 0 Å². The molecule has 0 saturated heterocycles. The zero-order chi connectivity index (χ0) is 13.5. The topological polar surface area (TPSA) is 93.4 Å². The standard InChI is InChI=1S/C12H17N3O3/c1-3-18-9-6-4-5-8(13)11(9)12(17)15-7-10(16)14-2/h4-6H,3,7,13H2,1-2H3,(H,14,16)(H,15,17). The summed E-state index contributed by atoms with van der Waals surface area (Å²) in [6.07, 6.45) is 0. The largest absolute Gasteiger partial charge is 0.493 e. The number of likely N-dealkylation sites (N-methyl/N-ethyl adjacent to an activating group) is 1. The van der Waals surface area contributed by atoms with Crippen molar-refractivity contribution in [2.24, 2.45) is 0 Å². The molecular weight excluding hydrogens is 234 g/mol. The van der Waals surface area contributed by atoms with Gasteiger partial charge in [-0.15, -0.1) is 0 Å². The molecule has 0 spiro atoms. The Kier molecular flexibility index (Phi) is 4.98. The molecule has 0 aliphatic heterocycles. The lowest BCUT2D eigenvalue weighted by atomic mass is 10.1. The highest BCUT2D eigenvalue weighted by atomic mass is 16.5. The number of carbonyl (C=O) groups is 2. The van der Waals surface area contributed by atoms with Crippen molar-refractivity contribution in [1.29, 1.82) is 0 Å². The maximum absolute atomic E-state index is 11.9. The van der Waals surface area contributed by atoms with Crippen LogP contribution in [-0.2, 0) is 4.79 Å². The molecule has 0 heterocycles. The number of carbonyl (C=O) groups excluding carboxylic acids is 2. The maximum Gasteiger partial charge on any atom is 0.257 e. The Labute approximate surface area is 105 Å². The van der Waals surface area contributed by atoms with Gasteiger partial charge < -0.3 is 21.1 Å². The van der Waals surface area contributed by atoms with Crippen molar-refractivity contribution in [3.05, 3.63) is 23.8 Å². The first-order valence-electron chi connectivity index (χ1n) is 5.60. The van der Waals surface area contributed by atoms with Crippen molar-refractivity contribution in [3.8, 4) is 5.75 Å². The third kappa shape index (κ3) is 3.38. The molecule has 0 unspecified atom stereocenters. The normalized spacial score (nSPS) is 9.67. The minimum atomic E-state index is -0.430. The van der Waals surface area contributed by atoms with E-state index < -0.39 is 5.91 Å². The Balaban J connectivity index is 2.86. The molecule has 1 aromatic rings. The number of amides is 2. The predicted molar refractivity (Wildman–Crippen MR) is 68.4 cm³/mol. The van der Waals surface area contributed by atoms with Gasteiger partial charge in [-0.3, -0.25) is 9.59 Å². The molecule has 0 aliphatic rings. The molecule has 0 aliphatic carbocycles. The Bertz CT molecular complexity index is 446. The first kappa shape index (κ1) is 13.8. The van der Waals surface area contributed by atoms with Gasteiger partial charge in [0.15, 0.2) is 0 Å². The zero-order valence-corrected chi connectivity index (χ0v) is 10.4. The first-order chi connectivity index (χ1) is 8.60. The SMILES string of the molecule is CCOc1cccc(N)c1C(=O)NCC(=O)NC. The van der Waals surface area contributed by atoms with Crippen LogP contribution in [-0.4, -0.2) is 32.0 Å². The van der Waals surface area contributed by atoms with E-state index in [4.69, 9.17) is 10.5 Å². The number of benzene rings is 1. The van der Waals surface area contributed by atoms with Gasteiger partial charge in [0, 0.05) is 12.7 Å². The second-order valence-electron chi connectivity index (χ2n) is 3.51. The van der Waals surface area contributed by atoms with Crippen LogP contribution in [0.5, 0.6) is 5.75 Å². The van der Waals surface area contributed by atoms with Gasteiger partial charge in [-0.05, 0) is 19.1 Å². The number of nitrogen functional groups attached to an aromatic ring is 1. The summed E-state index contributed by atoms with van der Waals surface area (Å²) >= 11 is 0.